The minimum Gasteiger partial charge on any atom is -0.465 e. The van der Waals surface area contributed by atoms with Gasteiger partial charge in [0, 0.05) is 22.7 Å². The molecule has 1 aromatic carbocycles. The van der Waals surface area contributed by atoms with Crippen molar-refractivity contribution in [2.45, 2.75) is 85.3 Å². The van der Waals surface area contributed by atoms with Crippen molar-refractivity contribution in [2.24, 2.45) is 11.8 Å². The van der Waals surface area contributed by atoms with Crippen LogP contribution < -0.4 is 0 Å². The molecule has 4 rings (SSSR count). The SMILES string of the molecule is C=CCCCOC(=O)[C@H]1[C@H]2C(=O)N([C@@H](CO)Cc3ccccc3)C(C(=O)N(CC=C)C(C)CCC)C23CC(Br)[C@@H]1S3. The number of hydrogen-bond acceptors (Lipinski definition) is 6. The van der Waals surface area contributed by atoms with Gasteiger partial charge in [-0.2, -0.15) is 0 Å². The summed E-state index contributed by atoms with van der Waals surface area (Å²) in [5, 5.41) is 10.5. The third-order valence-corrected chi connectivity index (χ3v) is 12.0. The van der Waals surface area contributed by atoms with Gasteiger partial charge in [0.1, 0.15) is 6.04 Å². The Kier molecular flexibility index (Phi) is 10.8. The molecule has 0 aromatic heterocycles. The molecule has 3 heterocycles. The third-order valence-electron chi connectivity index (χ3n) is 8.80. The molecule has 3 aliphatic heterocycles. The lowest BCUT2D eigenvalue weighted by Gasteiger charge is -2.41. The molecule has 3 saturated heterocycles. The molecule has 0 radical (unpaired) electrons. The van der Waals surface area contributed by atoms with Gasteiger partial charge in [-0.15, -0.1) is 24.9 Å². The van der Waals surface area contributed by atoms with Crippen LogP contribution in [0.25, 0.3) is 0 Å². The topological polar surface area (TPSA) is 87.1 Å². The highest BCUT2D eigenvalue weighted by atomic mass is 79.9. The summed E-state index contributed by atoms with van der Waals surface area (Å²) in [6, 6.07) is 8.23. The average Bonchev–Trinajstić information content (AvgIpc) is 3.56. The summed E-state index contributed by atoms with van der Waals surface area (Å²) in [5.74, 6) is -2.10. The molecular weight excluding hydrogens is 604 g/mol. The number of unbranched alkanes of at least 4 members (excludes halogenated alkanes) is 1. The van der Waals surface area contributed by atoms with E-state index in [9.17, 15) is 19.5 Å². The first kappa shape index (κ1) is 31.8. The number of amides is 2. The summed E-state index contributed by atoms with van der Waals surface area (Å²) in [5.41, 5.74) is 0.968. The number of nitrogens with zero attached hydrogens (tertiary/aromatic N) is 2. The number of allylic oxidation sites excluding steroid dienone is 1. The van der Waals surface area contributed by atoms with Crippen LogP contribution in [0.15, 0.2) is 55.6 Å². The number of benzene rings is 1. The number of hydrogen-bond donors (Lipinski definition) is 1. The second-order valence-corrected chi connectivity index (χ2v) is 14.2. The molecule has 2 bridgehead atoms. The number of aliphatic hydroxyl groups excluding tert-OH is 1. The summed E-state index contributed by atoms with van der Waals surface area (Å²) in [6.45, 7) is 12.1. The van der Waals surface area contributed by atoms with Gasteiger partial charge in [-0.1, -0.05) is 71.8 Å². The fourth-order valence-electron chi connectivity index (χ4n) is 7.00. The zero-order chi connectivity index (χ0) is 29.7. The van der Waals surface area contributed by atoms with E-state index in [2.05, 4.69) is 36.0 Å². The van der Waals surface area contributed by atoms with Gasteiger partial charge in [-0.05, 0) is 44.6 Å². The van der Waals surface area contributed by atoms with Crippen LogP contribution >= 0.6 is 27.7 Å². The molecule has 2 amide bonds. The van der Waals surface area contributed by atoms with Gasteiger partial charge in [0.05, 0.1) is 35.8 Å². The van der Waals surface area contributed by atoms with Gasteiger partial charge in [-0.25, -0.2) is 0 Å². The second kappa shape index (κ2) is 13.9. The summed E-state index contributed by atoms with van der Waals surface area (Å²) in [4.78, 5) is 46.2. The fraction of sp³-hybridized carbons (Fsp3) is 0.594. The van der Waals surface area contributed by atoms with Crippen molar-refractivity contribution < 1.29 is 24.2 Å². The Morgan fingerprint density at radius 2 is 2.02 bits per heavy atom. The van der Waals surface area contributed by atoms with E-state index >= 15 is 0 Å². The largest absolute Gasteiger partial charge is 0.465 e. The average molecular weight is 648 g/mol. The van der Waals surface area contributed by atoms with Gasteiger partial charge in [-0.3, -0.25) is 14.4 Å². The van der Waals surface area contributed by atoms with Crippen LogP contribution in [0.3, 0.4) is 0 Å². The van der Waals surface area contributed by atoms with Crippen molar-refractivity contribution in [3.05, 3.63) is 61.2 Å². The number of thioether (sulfide) groups is 1. The van der Waals surface area contributed by atoms with Crippen molar-refractivity contribution in [2.75, 3.05) is 19.8 Å². The molecule has 9 heteroatoms. The van der Waals surface area contributed by atoms with Crippen LogP contribution in [0, 0.1) is 11.8 Å². The number of esters is 1. The van der Waals surface area contributed by atoms with Crippen molar-refractivity contribution in [3.8, 4) is 0 Å². The highest BCUT2D eigenvalue weighted by molar-refractivity contribution is 9.09. The summed E-state index contributed by atoms with van der Waals surface area (Å²) in [7, 11) is 0. The Balaban J connectivity index is 1.76. The maximum Gasteiger partial charge on any atom is 0.310 e. The molecule has 0 saturated carbocycles. The first-order valence-corrected chi connectivity index (χ1v) is 16.5. The Morgan fingerprint density at radius 3 is 2.66 bits per heavy atom. The third kappa shape index (κ3) is 6.04. The highest BCUT2D eigenvalue weighted by Gasteiger charge is 2.76. The molecule has 3 aliphatic rings. The van der Waals surface area contributed by atoms with E-state index in [4.69, 9.17) is 4.74 Å². The smallest absolute Gasteiger partial charge is 0.310 e. The van der Waals surface area contributed by atoms with E-state index in [0.29, 0.717) is 25.8 Å². The molecule has 7 nitrogen and oxygen atoms in total. The van der Waals surface area contributed by atoms with Gasteiger partial charge in [0.15, 0.2) is 0 Å². The van der Waals surface area contributed by atoms with Gasteiger partial charge >= 0.3 is 5.97 Å². The van der Waals surface area contributed by atoms with Crippen LogP contribution in [0.1, 0.15) is 51.5 Å². The van der Waals surface area contributed by atoms with E-state index in [1.165, 1.54) is 0 Å². The minimum absolute atomic E-state index is 0.0415. The normalized spacial score (nSPS) is 29.6. The summed E-state index contributed by atoms with van der Waals surface area (Å²) in [6.07, 6.45) is 7.64. The summed E-state index contributed by atoms with van der Waals surface area (Å²) < 4.78 is 4.90. The monoisotopic (exact) mass is 646 g/mol. The zero-order valence-corrected chi connectivity index (χ0v) is 26.5. The minimum atomic E-state index is -0.811. The lowest BCUT2D eigenvalue weighted by atomic mass is 9.71. The van der Waals surface area contributed by atoms with E-state index in [1.807, 2.05) is 42.2 Å². The van der Waals surface area contributed by atoms with Crippen molar-refractivity contribution in [1.82, 2.24) is 9.80 Å². The molecule has 3 fully saturated rings. The number of halogens is 1. The molecule has 0 aliphatic carbocycles. The van der Waals surface area contributed by atoms with E-state index in [0.717, 1.165) is 24.8 Å². The molecule has 8 atom stereocenters. The number of likely N-dealkylation sites (tertiary alicyclic amines) is 1. The van der Waals surface area contributed by atoms with Crippen LogP contribution in [0.5, 0.6) is 0 Å². The van der Waals surface area contributed by atoms with Crippen molar-refractivity contribution >= 4 is 45.5 Å². The maximum atomic E-state index is 14.7. The molecule has 1 N–H and O–H groups in total. The highest BCUT2D eigenvalue weighted by Crippen LogP contribution is 2.68. The van der Waals surface area contributed by atoms with Gasteiger partial charge in [0.25, 0.3) is 0 Å². The van der Waals surface area contributed by atoms with Crippen LogP contribution in [-0.4, -0.2) is 85.4 Å². The molecule has 1 spiro atoms. The number of aliphatic hydroxyl groups is 1. The van der Waals surface area contributed by atoms with Crippen LogP contribution in [-0.2, 0) is 25.5 Å². The fourth-order valence-corrected chi connectivity index (χ4v) is 10.6. The van der Waals surface area contributed by atoms with Crippen LogP contribution in [0.4, 0.5) is 0 Å². The zero-order valence-electron chi connectivity index (χ0n) is 24.1. The second-order valence-electron chi connectivity index (χ2n) is 11.5. The molecule has 4 unspecified atom stereocenters. The Morgan fingerprint density at radius 1 is 1.29 bits per heavy atom. The number of carbonyl (C=O) groups excluding carboxylic acids is 3. The lowest BCUT2D eigenvalue weighted by molar-refractivity contribution is -0.154. The Bertz CT molecular complexity index is 1120. The van der Waals surface area contributed by atoms with Crippen molar-refractivity contribution in [3.63, 3.8) is 0 Å². The quantitative estimate of drug-likeness (QED) is 0.128. The number of alkyl halides is 1. The number of carbonyl (C=O) groups is 3. The predicted octanol–water partition coefficient (Wildman–Crippen LogP) is 4.77. The number of ether oxygens (including phenoxy) is 1. The lowest BCUT2D eigenvalue weighted by Crippen LogP contribution is -2.59. The van der Waals surface area contributed by atoms with Gasteiger partial charge in [0.2, 0.25) is 11.8 Å². The van der Waals surface area contributed by atoms with E-state index in [-0.39, 0.29) is 47.1 Å². The Labute approximate surface area is 256 Å². The molecule has 41 heavy (non-hydrogen) atoms. The first-order valence-electron chi connectivity index (χ1n) is 14.7. The molecular formula is C32H43BrN2O5S. The molecule has 1 aromatic rings. The predicted molar refractivity (Wildman–Crippen MR) is 167 cm³/mol. The van der Waals surface area contributed by atoms with E-state index < -0.39 is 28.7 Å². The van der Waals surface area contributed by atoms with Gasteiger partial charge < -0.3 is 19.6 Å². The summed E-state index contributed by atoms with van der Waals surface area (Å²) >= 11 is 5.41. The first-order chi connectivity index (χ1) is 19.7. The van der Waals surface area contributed by atoms with Crippen molar-refractivity contribution in [1.29, 1.82) is 0 Å². The standard InChI is InChI=1S/C32H43BrN2O5S/c1-5-8-12-17-40-31(39)25-26-29(37)35(23(20-36)18-22-14-10-9-11-15-22)28(32(26)19-24(33)27(25)41-32)30(38)34(16-7-3)21(4)13-6-2/h5,7,9-11,14-15,21,23-28,36H,1,3,6,8,12-13,16-20H2,2,4H3/t21?,23-,24?,25+,26+,27+,28?,32?/m1/s1. The van der Waals surface area contributed by atoms with Crippen LogP contribution in [0.2, 0.25) is 0 Å². The van der Waals surface area contributed by atoms with E-state index in [1.54, 1.807) is 28.8 Å². The maximum absolute atomic E-state index is 14.7. The number of fused-ring (bicyclic) bond motifs is 1. The Hall–Kier alpha value is -2.10. The molecule has 224 valence electrons. The number of rotatable bonds is 15.